The lowest BCUT2D eigenvalue weighted by Gasteiger charge is -2.43. The fraction of sp³-hybridized carbons (Fsp3) is 0.448. The van der Waals surface area contributed by atoms with Gasteiger partial charge in [0.25, 0.3) is 5.91 Å². The molecule has 0 unspecified atom stereocenters. The smallest absolute Gasteiger partial charge is 0.347 e. The van der Waals surface area contributed by atoms with Crippen molar-refractivity contribution in [1.82, 2.24) is 4.90 Å². The first kappa shape index (κ1) is 25.9. The van der Waals surface area contributed by atoms with Gasteiger partial charge >= 0.3 is 5.97 Å². The van der Waals surface area contributed by atoms with Crippen LogP contribution in [0.25, 0.3) is 5.57 Å². The molecule has 0 saturated heterocycles. The molecule has 2 aliphatic rings. The number of aryl methyl sites for hydroxylation is 2. The fourth-order valence-corrected chi connectivity index (χ4v) is 5.48. The van der Waals surface area contributed by atoms with Gasteiger partial charge < -0.3 is 23.8 Å². The minimum atomic E-state index is -0.803. The second-order valence-corrected chi connectivity index (χ2v) is 9.38. The molecule has 192 valence electrons. The Morgan fingerprint density at radius 3 is 2.31 bits per heavy atom. The summed E-state index contributed by atoms with van der Waals surface area (Å²) in [5.74, 6) is 0.0875. The van der Waals surface area contributed by atoms with Crippen LogP contribution in [0.2, 0.25) is 0 Å². The van der Waals surface area contributed by atoms with Gasteiger partial charge in [0.05, 0.1) is 18.8 Å². The van der Waals surface area contributed by atoms with E-state index < -0.39 is 11.5 Å². The van der Waals surface area contributed by atoms with E-state index >= 15 is 0 Å². The molecule has 1 amide bonds. The van der Waals surface area contributed by atoms with E-state index in [2.05, 4.69) is 0 Å². The molecule has 1 heterocycles. The minimum absolute atomic E-state index is 0.0927. The highest BCUT2D eigenvalue weighted by Crippen LogP contribution is 2.50. The first-order valence-corrected chi connectivity index (χ1v) is 12.5. The molecule has 1 spiro atoms. The van der Waals surface area contributed by atoms with Crippen molar-refractivity contribution in [1.29, 1.82) is 0 Å². The van der Waals surface area contributed by atoms with Crippen molar-refractivity contribution in [3.63, 3.8) is 0 Å². The Morgan fingerprint density at radius 2 is 1.69 bits per heavy atom. The Morgan fingerprint density at radius 1 is 1.03 bits per heavy atom. The molecule has 2 aromatic carbocycles. The summed E-state index contributed by atoms with van der Waals surface area (Å²) in [6.07, 6.45) is 2.78. The third-order valence-electron chi connectivity index (χ3n) is 7.40. The zero-order valence-electron chi connectivity index (χ0n) is 21.8. The van der Waals surface area contributed by atoms with Crippen LogP contribution in [0, 0.1) is 13.8 Å². The first-order chi connectivity index (χ1) is 17.4. The zero-order chi connectivity index (χ0) is 25.9. The molecule has 1 saturated carbocycles. The Labute approximate surface area is 213 Å². The topological polar surface area (TPSA) is 74.3 Å². The van der Waals surface area contributed by atoms with E-state index in [-0.39, 0.29) is 18.7 Å². The number of carbonyl (C=O) groups excluding carboxylic acids is 2. The summed E-state index contributed by atoms with van der Waals surface area (Å²) in [7, 11) is 3.23. The van der Waals surface area contributed by atoms with Crippen molar-refractivity contribution in [3.8, 4) is 5.75 Å². The maximum atomic E-state index is 14.1. The highest BCUT2D eigenvalue weighted by Gasteiger charge is 2.56. The SMILES string of the molecule is CCOCN1C(=O)C(c2c(C)cccc2C)=C(OC(=O)c2ccccc2OC)C12CCC(OC)CC2. The Kier molecular flexibility index (Phi) is 7.81. The number of carbonyl (C=O) groups is 2. The average molecular weight is 494 g/mol. The van der Waals surface area contributed by atoms with Crippen LogP contribution >= 0.6 is 0 Å². The van der Waals surface area contributed by atoms with Gasteiger partial charge in [-0.2, -0.15) is 0 Å². The van der Waals surface area contributed by atoms with Gasteiger partial charge in [-0.15, -0.1) is 0 Å². The summed E-state index contributed by atoms with van der Waals surface area (Å²) in [5.41, 5.74) is 2.64. The maximum absolute atomic E-state index is 14.1. The second-order valence-electron chi connectivity index (χ2n) is 9.38. The Hall–Kier alpha value is -3.16. The van der Waals surface area contributed by atoms with Crippen molar-refractivity contribution >= 4 is 17.4 Å². The number of esters is 1. The minimum Gasteiger partial charge on any atom is -0.496 e. The summed E-state index contributed by atoms with van der Waals surface area (Å²) in [5, 5.41) is 0. The molecule has 4 rings (SSSR count). The van der Waals surface area contributed by atoms with Gasteiger partial charge in [0.2, 0.25) is 0 Å². The molecule has 1 aliphatic carbocycles. The number of hydrogen-bond acceptors (Lipinski definition) is 6. The number of methoxy groups -OCH3 is 2. The molecule has 7 nitrogen and oxygen atoms in total. The molecule has 7 heteroatoms. The molecule has 36 heavy (non-hydrogen) atoms. The Balaban J connectivity index is 1.90. The monoisotopic (exact) mass is 493 g/mol. The normalized spacial score (nSPS) is 21.9. The zero-order valence-corrected chi connectivity index (χ0v) is 21.8. The van der Waals surface area contributed by atoms with E-state index in [4.69, 9.17) is 18.9 Å². The van der Waals surface area contributed by atoms with Crippen LogP contribution in [0.3, 0.4) is 0 Å². The highest BCUT2D eigenvalue weighted by molar-refractivity contribution is 6.24. The van der Waals surface area contributed by atoms with Crippen molar-refractivity contribution in [2.75, 3.05) is 27.6 Å². The molecular formula is C29H35NO6. The lowest BCUT2D eigenvalue weighted by atomic mass is 9.78. The molecule has 0 radical (unpaired) electrons. The number of hydrogen-bond donors (Lipinski definition) is 0. The first-order valence-electron chi connectivity index (χ1n) is 12.5. The van der Waals surface area contributed by atoms with Gasteiger partial charge in [0.15, 0.2) is 0 Å². The van der Waals surface area contributed by atoms with E-state index in [9.17, 15) is 9.59 Å². The van der Waals surface area contributed by atoms with Gasteiger partial charge in [-0.05, 0) is 75.3 Å². The van der Waals surface area contributed by atoms with E-state index in [0.29, 0.717) is 42.1 Å². The number of rotatable bonds is 8. The molecule has 0 aromatic heterocycles. The lowest BCUT2D eigenvalue weighted by Crippen LogP contribution is -2.52. The van der Waals surface area contributed by atoms with Crippen LogP contribution < -0.4 is 4.74 Å². The van der Waals surface area contributed by atoms with Gasteiger partial charge in [-0.3, -0.25) is 4.79 Å². The van der Waals surface area contributed by atoms with Crippen LogP contribution in [0.4, 0.5) is 0 Å². The number of amides is 1. The van der Waals surface area contributed by atoms with Crippen LogP contribution in [0.15, 0.2) is 48.2 Å². The number of ether oxygens (including phenoxy) is 4. The summed E-state index contributed by atoms with van der Waals surface area (Å²) in [6, 6.07) is 12.9. The molecule has 1 aliphatic heterocycles. The van der Waals surface area contributed by atoms with Crippen LogP contribution in [0.1, 0.15) is 59.7 Å². The summed E-state index contributed by atoms with van der Waals surface area (Å²) < 4.78 is 23.1. The van der Waals surface area contributed by atoms with E-state index in [1.807, 2.05) is 39.0 Å². The standard InChI is InChI=1S/C29H35NO6/c1-6-35-18-30-27(31)25(24-19(2)10-9-11-20(24)3)26(29(30)16-14-21(33-4)15-17-29)36-28(32)22-12-7-8-13-23(22)34-5/h7-13,21H,6,14-18H2,1-5H3. The third kappa shape index (κ3) is 4.53. The number of benzene rings is 2. The number of para-hydroxylation sites is 1. The van der Waals surface area contributed by atoms with Crippen molar-refractivity contribution in [2.24, 2.45) is 0 Å². The van der Waals surface area contributed by atoms with Crippen molar-refractivity contribution in [2.45, 2.75) is 58.1 Å². The van der Waals surface area contributed by atoms with Crippen LogP contribution in [-0.4, -0.2) is 56.0 Å². The maximum Gasteiger partial charge on any atom is 0.347 e. The average Bonchev–Trinajstić information content (AvgIpc) is 3.09. The van der Waals surface area contributed by atoms with Crippen molar-refractivity contribution in [3.05, 3.63) is 70.5 Å². The second kappa shape index (κ2) is 10.8. The molecular weight excluding hydrogens is 458 g/mol. The summed E-state index contributed by atoms with van der Waals surface area (Å²) >= 11 is 0. The molecule has 0 N–H and O–H groups in total. The molecule has 0 atom stereocenters. The van der Waals surface area contributed by atoms with Gasteiger partial charge in [0.1, 0.15) is 29.3 Å². The summed E-state index contributed by atoms with van der Waals surface area (Å²) in [4.78, 5) is 29.5. The third-order valence-corrected chi connectivity index (χ3v) is 7.40. The fourth-order valence-electron chi connectivity index (χ4n) is 5.48. The van der Waals surface area contributed by atoms with E-state index in [1.54, 1.807) is 36.3 Å². The van der Waals surface area contributed by atoms with Gasteiger partial charge in [-0.1, -0.05) is 30.3 Å². The molecule has 0 bridgehead atoms. The van der Waals surface area contributed by atoms with Gasteiger partial charge in [-0.25, -0.2) is 4.79 Å². The summed E-state index contributed by atoms with van der Waals surface area (Å²) in [6.45, 7) is 6.44. The predicted octanol–water partition coefficient (Wildman–Crippen LogP) is 5.04. The van der Waals surface area contributed by atoms with Crippen LogP contribution in [-0.2, 0) is 19.0 Å². The lowest BCUT2D eigenvalue weighted by molar-refractivity contribution is -0.139. The Bertz CT molecular complexity index is 1140. The van der Waals surface area contributed by atoms with E-state index in [0.717, 1.165) is 29.5 Å². The van der Waals surface area contributed by atoms with Crippen molar-refractivity contribution < 1.29 is 28.5 Å². The molecule has 2 aromatic rings. The van der Waals surface area contributed by atoms with Gasteiger partial charge in [0, 0.05) is 13.7 Å². The molecule has 1 fully saturated rings. The predicted molar refractivity (Wildman–Crippen MR) is 137 cm³/mol. The van der Waals surface area contributed by atoms with E-state index in [1.165, 1.54) is 7.11 Å². The van der Waals surface area contributed by atoms with Crippen LogP contribution in [0.5, 0.6) is 5.75 Å². The quantitative estimate of drug-likeness (QED) is 0.480. The number of nitrogens with zero attached hydrogens (tertiary/aromatic N) is 1. The highest BCUT2D eigenvalue weighted by atomic mass is 16.5. The largest absolute Gasteiger partial charge is 0.496 e.